The Kier molecular flexibility index (Phi) is 63.0. The SMILES string of the molecule is CC=O.CCCC(CC)C(C)=O.CCCCC(=O)[C@H](C)CC(=O)CCC=O.CCCC[C@@H](C)CCCC(CN(C)CCCC(O)[C@H](CC(C)C)NCC(C)CC)OO.O.O.O. The maximum absolute atomic E-state index is 11.5. The van der Waals surface area contributed by atoms with E-state index in [1.54, 1.807) is 13.8 Å². The number of likely N-dealkylation sites (N-methyl/N-ethyl adjacent to an activating group) is 1. The molecule has 0 fully saturated rings. The van der Waals surface area contributed by atoms with Gasteiger partial charge >= 0.3 is 0 Å². The Bertz CT molecular complexity index is 970. The topological polar surface area (TPSA) is 245 Å². The standard InChI is InChI=1S/C26H56N2O3.C12H20O3.C8H16O.C2H4O.3H2O/c1-8-10-13-23(6)14-11-15-24(31-30)20-28(7)17-12-16-26(29)25(18-21(3)4)27-19-22(5)9-2;1-3-4-7-12(15)10(2)9-11(14)6-5-8-13;1-4-6-8(5-2)7(3)9;1-2-3;;;/h21-27,29-30H,8-20H2,1-7H3;8,10H,3-7,9H2,1-2H3;8H,4-6H2,1-3H3;2H,1H3;3*1H2/t22?,23-,24?,25+,26?;10-;;;;;/m11...../s1. The highest BCUT2D eigenvalue weighted by atomic mass is 17.1. The van der Waals surface area contributed by atoms with E-state index in [1.807, 2.05) is 6.92 Å². The van der Waals surface area contributed by atoms with Crippen LogP contribution in [-0.4, -0.2) is 107 Å². The number of unbranched alkanes of at least 4 members (excludes halogenated alkanes) is 2. The second kappa shape index (κ2) is 52.4. The van der Waals surface area contributed by atoms with E-state index in [1.165, 1.54) is 32.6 Å². The van der Waals surface area contributed by atoms with Gasteiger partial charge < -0.3 is 41.3 Å². The van der Waals surface area contributed by atoms with Crippen LogP contribution in [-0.2, 0) is 28.9 Å². The van der Waals surface area contributed by atoms with Crippen LogP contribution in [0.4, 0.5) is 0 Å². The van der Waals surface area contributed by atoms with Gasteiger partial charge in [0, 0.05) is 50.1 Å². The number of hydrogen-bond acceptors (Lipinski definition) is 10. The lowest BCUT2D eigenvalue weighted by molar-refractivity contribution is -0.282. The number of rotatable bonds is 34. The number of carbonyl (C=O) groups is 5. The summed E-state index contributed by atoms with van der Waals surface area (Å²) in [5.74, 6) is 2.63. The zero-order valence-electron chi connectivity index (χ0n) is 41.6. The molecule has 0 aliphatic rings. The van der Waals surface area contributed by atoms with Crippen LogP contribution in [0.5, 0.6) is 0 Å². The lowest BCUT2D eigenvalue weighted by atomic mass is 9.95. The third-order valence-electron chi connectivity index (χ3n) is 10.7. The Labute approximate surface area is 374 Å². The summed E-state index contributed by atoms with van der Waals surface area (Å²) in [6, 6.07) is 0.169. The summed E-state index contributed by atoms with van der Waals surface area (Å²) in [6.07, 6.45) is 18.5. The van der Waals surface area contributed by atoms with Gasteiger partial charge in [-0.2, -0.15) is 0 Å². The molecule has 0 amide bonds. The first-order valence-corrected chi connectivity index (χ1v) is 23.3. The Morgan fingerprint density at radius 3 is 1.77 bits per heavy atom. The molecule has 7 atom stereocenters. The maximum atomic E-state index is 11.5. The number of aliphatic hydroxyl groups is 1. The van der Waals surface area contributed by atoms with Crippen LogP contribution < -0.4 is 5.32 Å². The fourth-order valence-corrected chi connectivity index (χ4v) is 6.58. The van der Waals surface area contributed by atoms with E-state index in [2.05, 4.69) is 72.7 Å². The van der Waals surface area contributed by atoms with E-state index in [9.17, 15) is 29.5 Å². The normalized spacial score (nSPS) is 13.9. The number of nitrogens with zero attached hydrogens (tertiary/aromatic N) is 1. The van der Waals surface area contributed by atoms with Crippen molar-refractivity contribution in [3.05, 3.63) is 0 Å². The minimum absolute atomic E-state index is 0. The van der Waals surface area contributed by atoms with E-state index < -0.39 is 0 Å². The van der Waals surface area contributed by atoms with Crippen LogP contribution >= 0.6 is 0 Å². The van der Waals surface area contributed by atoms with Crippen LogP contribution in [0.25, 0.3) is 0 Å². The predicted molar refractivity (Wildman–Crippen MR) is 254 cm³/mol. The Morgan fingerprint density at radius 2 is 1.33 bits per heavy atom. The number of ketones is 3. The summed E-state index contributed by atoms with van der Waals surface area (Å²) in [5.41, 5.74) is 0. The Morgan fingerprint density at radius 1 is 0.754 bits per heavy atom. The van der Waals surface area contributed by atoms with Crippen LogP contribution in [0.3, 0.4) is 0 Å². The van der Waals surface area contributed by atoms with E-state index >= 15 is 0 Å². The molecule has 61 heavy (non-hydrogen) atoms. The molecule has 0 heterocycles. The first-order chi connectivity index (χ1) is 27.5. The molecule has 0 bridgehead atoms. The van der Waals surface area contributed by atoms with Gasteiger partial charge in [0.15, 0.2) is 0 Å². The Hall–Kier alpha value is -1.97. The predicted octanol–water partition coefficient (Wildman–Crippen LogP) is 8.42. The highest BCUT2D eigenvalue weighted by Crippen LogP contribution is 2.18. The largest absolute Gasteiger partial charge is 0.412 e. The summed E-state index contributed by atoms with van der Waals surface area (Å²) < 4.78 is 0. The van der Waals surface area contributed by atoms with Crippen molar-refractivity contribution in [2.24, 2.45) is 29.6 Å². The molecule has 0 spiro atoms. The molecule has 0 saturated heterocycles. The molecule has 0 aliphatic carbocycles. The van der Waals surface area contributed by atoms with Crippen LogP contribution in [0.1, 0.15) is 205 Å². The van der Waals surface area contributed by atoms with Crippen LogP contribution in [0.15, 0.2) is 0 Å². The molecule has 0 aliphatic heterocycles. The number of carbonyl (C=O) groups excluding carboxylic acids is 5. The molecule has 13 nitrogen and oxygen atoms in total. The van der Waals surface area contributed by atoms with Crippen LogP contribution in [0, 0.1) is 29.6 Å². The molecule has 0 radical (unpaired) electrons. The smallest absolute Gasteiger partial charge is 0.136 e. The molecule has 13 heteroatoms. The fourth-order valence-electron chi connectivity index (χ4n) is 6.58. The highest BCUT2D eigenvalue weighted by molar-refractivity contribution is 5.88. The summed E-state index contributed by atoms with van der Waals surface area (Å²) in [7, 11) is 2.08. The number of aldehydes is 2. The zero-order valence-corrected chi connectivity index (χ0v) is 41.6. The molecular weight excluding hydrogens is 781 g/mol. The molecule has 0 saturated carbocycles. The molecule has 0 aromatic carbocycles. The second-order valence-electron chi connectivity index (χ2n) is 17.2. The van der Waals surface area contributed by atoms with Crippen molar-refractivity contribution >= 4 is 29.9 Å². The minimum Gasteiger partial charge on any atom is -0.412 e. The van der Waals surface area contributed by atoms with E-state index in [-0.39, 0.29) is 71.4 Å². The third-order valence-corrected chi connectivity index (χ3v) is 10.7. The average molecular weight is 883 g/mol. The van der Waals surface area contributed by atoms with E-state index in [4.69, 9.17) is 9.68 Å². The highest BCUT2D eigenvalue weighted by Gasteiger charge is 2.21. The maximum Gasteiger partial charge on any atom is 0.136 e. The van der Waals surface area contributed by atoms with Crippen molar-refractivity contribution in [3.8, 4) is 0 Å². The Balaban J connectivity index is -0.000000161. The first-order valence-electron chi connectivity index (χ1n) is 23.3. The number of hydrogen-bond donors (Lipinski definition) is 3. The average Bonchev–Trinajstić information content (AvgIpc) is 3.18. The van der Waals surface area contributed by atoms with Gasteiger partial charge in [0.25, 0.3) is 0 Å². The first kappa shape index (κ1) is 73.4. The van der Waals surface area contributed by atoms with Crippen molar-refractivity contribution in [1.29, 1.82) is 0 Å². The summed E-state index contributed by atoms with van der Waals surface area (Å²) >= 11 is 0. The zero-order chi connectivity index (χ0) is 45.3. The molecule has 9 N–H and O–H groups in total. The fraction of sp³-hybridized carbons (Fsp3) is 0.896. The molecule has 4 unspecified atom stereocenters. The van der Waals surface area contributed by atoms with E-state index in [0.29, 0.717) is 30.0 Å². The lowest BCUT2D eigenvalue weighted by Gasteiger charge is -2.28. The quantitative estimate of drug-likeness (QED) is 0.0316. The van der Waals surface area contributed by atoms with Crippen molar-refractivity contribution in [2.75, 3.05) is 26.7 Å². The van der Waals surface area contributed by atoms with Crippen molar-refractivity contribution in [2.45, 2.75) is 223 Å². The molecule has 0 rings (SSSR count). The van der Waals surface area contributed by atoms with Gasteiger partial charge in [-0.25, -0.2) is 4.89 Å². The van der Waals surface area contributed by atoms with Crippen molar-refractivity contribution < 1.29 is 55.7 Å². The summed E-state index contributed by atoms with van der Waals surface area (Å²) in [5, 5.41) is 23.7. The summed E-state index contributed by atoms with van der Waals surface area (Å²) in [6.45, 7) is 27.2. The van der Waals surface area contributed by atoms with Gasteiger partial charge in [-0.15, -0.1) is 0 Å². The molecular formula is C48H102N2O11. The van der Waals surface area contributed by atoms with Gasteiger partial charge in [-0.1, -0.05) is 121 Å². The molecule has 0 aromatic heterocycles. The van der Waals surface area contributed by atoms with E-state index in [0.717, 1.165) is 109 Å². The van der Waals surface area contributed by atoms with Crippen molar-refractivity contribution in [1.82, 2.24) is 10.2 Å². The third kappa shape index (κ3) is 50.6. The number of nitrogens with one attached hydrogen (secondary N) is 1. The van der Waals surface area contributed by atoms with Crippen LogP contribution in [0.2, 0.25) is 0 Å². The summed E-state index contributed by atoms with van der Waals surface area (Å²) in [4.78, 5) is 59.4. The van der Waals surface area contributed by atoms with Gasteiger partial charge in [0.1, 0.15) is 36.0 Å². The number of aliphatic hydroxyl groups excluding tert-OH is 1. The van der Waals surface area contributed by atoms with Crippen molar-refractivity contribution in [3.63, 3.8) is 0 Å². The lowest BCUT2D eigenvalue weighted by Crippen LogP contribution is -2.43. The van der Waals surface area contributed by atoms with Gasteiger partial charge in [-0.05, 0) is 96.7 Å². The minimum atomic E-state index is -0.311. The van der Waals surface area contributed by atoms with Gasteiger partial charge in [-0.3, -0.25) is 19.6 Å². The number of Topliss-reactive ketones (excluding diaryl/α,β-unsaturated/α-hetero) is 3. The van der Waals surface area contributed by atoms with Gasteiger partial charge in [0.2, 0.25) is 0 Å². The molecule has 370 valence electrons. The molecule has 0 aromatic rings. The second-order valence-corrected chi connectivity index (χ2v) is 17.2. The monoisotopic (exact) mass is 883 g/mol. The van der Waals surface area contributed by atoms with Gasteiger partial charge in [0.05, 0.1) is 6.10 Å².